The molecule has 4 rings (SSSR count). The van der Waals surface area contributed by atoms with Crippen molar-refractivity contribution >= 4 is 33.8 Å². The molecule has 1 aliphatic carbocycles. The van der Waals surface area contributed by atoms with Gasteiger partial charge in [-0.1, -0.05) is 54.6 Å². The number of guanidine groups is 1. The standard InChI is InChI=1S/C42H54N4O8S/c1-10-16-35(40(49)52-9)45-39(48)29(23-36(47)53-24-34-32-20-13-11-18-30(32)31-19-12-14-21-33(31)34)17-15-22-44-41(43)46-55(50,51)38-27(4)25(2)37(26(3)28(38)5)54-42(6,7)8/h10-14,18-21,29,34-35H,1,15-17,22-24H2,2-9H3,(H,45,48)(H3,43,44,46)/t29-,35+/m0/s1. The monoisotopic (exact) mass is 774 g/mol. The zero-order valence-corrected chi connectivity index (χ0v) is 33.9. The Morgan fingerprint density at radius 1 is 0.945 bits per heavy atom. The van der Waals surface area contributed by atoms with Crippen LogP contribution in [-0.2, 0) is 33.9 Å². The molecule has 3 aromatic rings. The Bertz CT molecular complexity index is 1990. The third-order valence-electron chi connectivity index (χ3n) is 9.76. The van der Waals surface area contributed by atoms with Gasteiger partial charge in [0.2, 0.25) is 11.9 Å². The molecule has 0 fully saturated rings. The van der Waals surface area contributed by atoms with E-state index in [-0.39, 0.29) is 55.6 Å². The number of rotatable bonds is 16. The van der Waals surface area contributed by atoms with Gasteiger partial charge >= 0.3 is 11.9 Å². The average Bonchev–Trinajstić information content (AvgIpc) is 3.45. The second-order valence-electron chi connectivity index (χ2n) is 14.8. The van der Waals surface area contributed by atoms with Crippen LogP contribution >= 0.6 is 0 Å². The van der Waals surface area contributed by atoms with Crippen LogP contribution in [0.1, 0.15) is 85.8 Å². The predicted octanol–water partition coefficient (Wildman–Crippen LogP) is 6.07. The summed E-state index contributed by atoms with van der Waals surface area (Å²) in [4.78, 5) is 43.6. The molecular weight excluding hydrogens is 721 g/mol. The molecule has 1 amide bonds. The summed E-state index contributed by atoms with van der Waals surface area (Å²) in [6.45, 7) is 16.7. The Balaban J connectivity index is 1.46. The van der Waals surface area contributed by atoms with Gasteiger partial charge in [-0.25, -0.2) is 17.9 Å². The summed E-state index contributed by atoms with van der Waals surface area (Å²) in [6.07, 6.45) is 1.77. The predicted molar refractivity (Wildman–Crippen MR) is 213 cm³/mol. The lowest BCUT2D eigenvalue weighted by molar-refractivity contribution is -0.148. The van der Waals surface area contributed by atoms with Crippen LogP contribution in [0.5, 0.6) is 5.75 Å². The number of hydrogen-bond donors (Lipinski definition) is 3. The normalized spacial score (nSPS) is 13.9. The Morgan fingerprint density at radius 3 is 2.04 bits per heavy atom. The SMILES string of the molecule is C=CC[C@@H](NC(=O)[C@@H](CCCN=C(N)NS(=O)(=O)c1c(C)c(C)c(OC(C)(C)C)c(C)c1C)CC(=O)OCC1c2ccccc2-c2ccccc21)C(=O)OC. The Morgan fingerprint density at radius 2 is 1.51 bits per heavy atom. The molecule has 296 valence electrons. The van der Waals surface area contributed by atoms with Crippen LogP contribution in [0.25, 0.3) is 11.1 Å². The fourth-order valence-corrected chi connectivity index (χ4v) is 8.43. The molecule has 0 heterocycles. The van der Waals surface area contributed by atoms with Crippen LogP contribution < -0.4 is 20.5 Å². The maximum absolute atomic E-state index is 13.6. The zero-order chi connectivity index (χ0) is 40.7. The molecule has 0 aliphatic heterocycles. The highest BCUT2D eigenvalue weighted by atomic mass is 32.2. The van der Waals surface area contributed by atoms with Crippen LogP contribution in [-0.4, -0.2) is 64.1 Å². The number of carbonyl (C=O) groups is 3. The van der Waals surface area contributed by atoms with Gasteiger partial charge in [-0.2, -0.15) is 0 Å². The number of esters is 2. The molecule has 12 nitrogen and oxygen atoms in total. The minimum Gasteiger partial charge on any atom is -0.488 e. The largest absolute Gasteiger partial charge is 0.488 e. The highest BCUT2D eigenvalue weighted by molar-refractivity contribution is 7.90. The van der Waals surface area contributed by atoms with E-state index in [1.54, 1.807) is 13.8 Å². The van der Waals surface area contributed by atoms with Crippen molar-refractivity contribution in [2.75, 3.05) is 20.3 Å². The number of ether oxygens (including phenoxy) is 3. The van der Waals surface area contributed by atoms with E-state index in [1.165, 1.54) is 13.2 Å². The van der Waals surface area contributed by atoms with Crippen LogP contribution in [0.3, 0.4) is 0 Å². The highest BCUT2D eigenvalue weighted by Gasteiger charge is 2.32. The van der Waals surface area contributed by atoms with Gasteiger partial charge in [-0.3, -0.25) is 14.6 Å². The summed E-state index contributed by atoms with van der Waals surface area (Å²) in [5.41, 5.74) is 12.4. The zero-order valence-electron chi connectivity index (χ0n) is 33.1. The number of aliphatic imine (C=N–C) groups is 1. The van der Waals surface area contributed by atoms with Crippen molar-refractivity contribution in [3.63, 3.8) is 0 Å². The number of benzene rings is 3. The van der Waals surface area contributed by atoms with Crippen molar-refractivity contribution in [1.29, 1.82) is 0 Å². The number of fused-ring (bicyclic) bond motifs is 3. The van der Waals surface area contributed by atoms with Gasteiger partial charge in [0, 0.05) is 18.4 Å². The number of carbonyl (C=O) groups excluding carboxylic acids is 3. The first-order chi connectivity index (χ1) is 25.9. The fraction of sp³-hybridized carbons (Fsp3) is 0.429. The lowest BCUT2D eigenvalue weighted by Crippen LogP contribution is -2.44. The quantitative estimate of drug-likeness (QED) is 0.0513. The first-order valence-corrected chi connectivity index (χ1v) is 19.8. The number of nitrogens with two attached hydrogens (primary N) is 1. The van der Waals surface area contributed by atoms with Gasteiger partial charge in [0.15, 0.2) is 0 Å². The summed E-state index contributed by atoms with van der Waals surface area (Å²) in [5.74, 6) is -2.50. The van der Waals surface area contributed by atoms with Gasteiger partial charge in [0.1, 0.15) is 24.0 Å². The van der Waals surface area contributed by atoms with E-state index in [0.29, 0.717) is 28.0 Å². The second kappa shape index (κ2) is 18.0. The van der Waals surface area contributed by atoms with Crippen molar-refractivity contribution in [3.8, 4) is 16.9 Å². The summed E-state index contributed by atoms with van der Waals surface area (Å²) < 4.78 is 46.4. The Kier molecular flexibility index (Phi) is 13.9. The number of hydrogen-bond acceptors (Lipinski definition) is 9. The van der Waals surface area contributed by atoms with Crippen molar-refractivity contribution < 1.29 is 37.0 Å². The van der Waals surface area contributed by atoms with Gasteiger partial charge in [-0.15, -0.1) is 6.58 Å². The van der Waals surface area contributed by atoms with Crippen LogP contribution in [0.15, 0.2) is 71.1 Å². The van der Waals surface area contributed by atoms with Gasteiger partial charge in [-0.05, 0) is 112 Å². The van der Waals surface area contributed by atoms with E-state index in [2.05, 4.69) is 21.6 Å². The summed E-state index contributed by atoms with van der Waals surface area (Å²) >= 11 is 0. The lowest BCUT2D eigenvalue weighted by Gasteiger charge is -2.27. The summed E-state index contributed by atoms with van der Waals surface area (Å²) in [7, 11) is -2.91. The van der Waals surface area contributed by atoms with Crippen molar-refractivity contribution in [1.82, 2.24) is 10.0 Å². The summed E-state index contributed by atoms with van der Waals surface area (Å²) in [6, 6.07) is 15.0. The fourth-order valence-electron chi connectivity index (χ4n) is 6.88. The van der Waals surface area contributed by atoms with Crippen LogP contribution in [0.4, 0.5) is 0 Å². The smallest absolute Gasteiger partial charge is 0.328 e. The topological polar surface area (TPSA) is 175 Å². The highest BCUT2D eigenvalue weighted by Crippen LogP contribution is 2.44. The maximum Gasteiger partial charge on any atom is 0.328 e. The Hall–Kier alpha value is -5.17. The van der Waals surface area contributed by atoms with E-state index in [1.807, 2.05) is 83.1 Å². The van der Waals surface area contributed by atoms with Gasteiger partial charge in [0.25, 0.3) is 10.0 Å². The number of methoxy groups -OCH3 is 1. The van der Waals surface area contributed by atoms with Gasteiger partial charge < -0.3 is 25.3 Å². The van der Waals surface area contributed by atoms with Crippen LogP contribution in [0.2, 0.25) is 0 Å². The molecule has 1 aliphatic rings. The maximum atomic E-state index is 13.6. The molecule has 3 aromatic carbocycles. The molecule has 13 heteroatoms. The molecular formula is C42H54N4O8S. The van der Waals surface area contributed by atoms with Crippen molar-refractivity contribution in [3.05, 3.63) is 94.6 Å². The Labute approximate surface area is 325 Å². The lowest BCUT2D eigenvalue weighted by atomic mass is 9.97. The molecule has 2 atom stereocenters. The first-order valence-electron chi connectivity index (χ1n) is 18.3. The molecule has 0 saturated carbocycles. The number of sulfonamides is 1. The molecule has 0 spiro atoms. The number of amides is 1. The molecule has 0 aromatic heterocycles. The third kappa shape index (κ3) is 10.3. The third-order valence-corrected chi connectivity index (χ3v) is 11.4. The number of nitrogens with zero attached hydrogens (tertiary/aromatic N) is 1. The van der Waals surface area contributed by atoms with Crippen molar-refractivity contribution in [2.45, 2.75) is 96.6 Å². The minimum absolute atomic E-state index is 0.0459. The molecule has 0 bridgehead atoms. The van der Waals surface area contributed by atoms with E-state index < -0.39 is 45.4 Å². The first kappa shape index (κ1) is 42.6. The van der Waals surface area contributed by atoms with E-state index in [9.17, 15) is 22.8 Å². The number of nitrogens with one attached hydrogen (secondary N) is 2. The molecule has 0 radical (unpaired) electrons. The molecule has 0 unspecified atom stereocenters. The molecule has 55 heavy (non-hydrogen) atoms. The minimum atomic E-state index is -4.13. The van der Waals surface area contributed by atoms with E-state index in [4.69, 9.17) is 19.9 Å². The molecule has 4 N–H and O–H groups in total. The van der Waals surface area contributed by atoms with E-state index in [0.717, 1.165) is 22.3 Å². The second-order valence-corrected chi connectivity index (χ2v) is 16.4. The molecule has 0 saturated heterocycles. The van der Waals surface area contributed by atoms with E-state index >= 15 is 0 Å². The van der Waals surface area contributed by atoms with Crippen LogP contribution in [0, 0.1) is 33.6 Å². The van der Waals surface area contributed by atoms with Crippen molar-refractivity contribution in [2.24, 2.45) is 16.6 Å². The average molecular weight is 775 g/mol. The summed E-state index contributed by atoms with van der Waals surface area (Å²) in [5, 5.41) is 2.68. The van der Waals surface area contributed by atoms with Gasteiger partial charge in [0.05, 0.1) is 18.4 Å².